The van der Waals surface area contributed by atoms with Crippen LogP contribution in [0.2, 0.25) is 0 Å². The molecule has 0 saturated heterocycles. The first-order valence-corrected chi connectivity index (χ1v) is 6.10. The van der Waals surface area contributed by atoms with Gasteiger partial charge in [0.05, 0.1) is 6.71 Å². The van der Waals surface area contributed by atoms with Gasteiger partial charge in [-0.25, -0.2) is 0 Å². The van der Waals surface area contributed by atoms with Crippen LogP contribution in [0.5, 0.6) is 0 Å². The molecule has 0 saturated carbocycles. The molecule has 3 aromatic carbocycles. The van der Waals surface area contributed by atoms with Crippen LogP contribution in [0.15, 0.2) is 54.6 Å². The van der Waals surface area contributed by atoms with Crippen molar-refractivity contribution < 1.29 is 196 Å². The van der Waals surface area contributed by atoms with E-state index in [0.717, 1.165) is 16.4 Å². The number of rotatable bonds is 3. The van der Waals surface area contributed by atoms with E-state index in [0.29, 0.717) is 0 Å². The molecular weight excluding hydrogens is 760 g/mol. The van der Waals surface area contributed by atoms with Crippen LogP contribution in [0, 0.1) is 36.4 Å². The third-order valence-corrected chi connectivity index (χ3v) is 2.88. The minimum absolute atomic E-state index is 0. The van der Waals surface area contributed by atoms with Gasteiger partial charge in [0.25, 0.3) is 0 Å². The average Bonchev–Trinajstić information content (AvgIpc) is 2.51. The maximum Gasteiger partial charge on any atom is 0.0913 e. The molecule has 0 nitrogen and oxygen atoms in total. The Morgan fingerprint density at radius 3 is 0.800 bits per heavy atom. The van der Waals surface area contributed by atoms with Crippen LogP contribution in [0.3, 0.4) is 0 Å². The fraction of sp³-hybridized carbons (Fsp3) is 0. The molecule has 0 bridgehead atoms. The van der Waals surface area contributed by atoms with Gasteiger partial charge in [0.2, 0.25) is 0 Å². The first-order valence-electron chi connectivity index (χ1n) is 6.10. The van der Waals surface area contributed by atoms with Crippen molar-refractivity contribution in [3.63, 3.8) is 0 Å². The van der Waals surface area contributed by atoms with E-state index in [1.165, 1.54) is 0 Å². The molecule has 6 radical (unpaired) electrons. The van der Waals surface area contributed by atoms with Gasteiger partial charge in [-0.1, -0.05) is 0 Å². The monoisotopic (exact) mass is 770 g/mol. The zero-order valence-electron chi connectivity index (χ0n) is 13.7. The molecule has 0 atom stereocenters. The summed E-state index contributed by atoms with van der Waals surface area (Å²) in [5, 5.41) is 0. The van der Waals surface area contributed by atoms with Crippen molar-refractivity contribution in [1.82, 2.24) is 0 Å². The van der Waals surface area contributed by atoms with Gasteiger partial charge in [0.1, 0.15) is 0 Å². The second kappa shape index (κ2) is 21.6. The Balaban J connectivity index is -0.000000367. The maximum absolute atomic E-state index is 3.23. The smallest absolute Gasteiger partial charge is 0.0913 e. The van der Waals surface area contributed by atoms with Crippen molar-refractivity contribution in [2.75, 3.05) is 0 Å². The van der Waals surface area contributed by atoms with Crippen LogP contribution in [0.4, 0.5) is 0 Å². The van der Waals surface area contributed by atoms with E-state index in [4.69, 9.17) is 0 Å². The Hall–Kier alpha value is 4.35. The Kier molecular flexibility index (Phi) is 31.7. The molecule has 108 valence electrons. The van der Waals surface area contributed by atoms with Crippen LogP contribution in [0.1, 0.15) is 0 Å². The summed E-state index contributed by atoms with van der Waals surface area (Å²) in [5.41, 5.74) is 2.87. The molecule has 0 aliphatic heterocycles. The van der Waals surface area contributed by atoms with Crippen molar-refractivity contribution in [3.05, 3.63) is 91.0 Å². The Bertz CT molecular complexity index is 544. The van der Waals surface area contributed by atoms with Crippen LogP contribution in [0.25, 0.3) is 0 Å². The third-order valence-electron chi connectivity index (χ3n) is 2.88. The summed E-state index contributed by atoms with van der Waals surface area (Å²) in [6.45, 7) is -0.0244. The average molecular weight is 770 g/mol. The van der Waals surface area contributed by atoms with E-state index in [9.17, 15) is 0 Å². The van der Waals surface area contributed by atoms with E-state index in [2.05, 4.69) is 36.4 Å². The first kappa shape index (κ1) is 36.7. The maximum atomic E-state index is 3.23. The Morgan fingerprint density at radius 1 is 0.400 bits per heavy atom. The molecule has 0 fully saturated rings. The molecule has 0 spiro atoms. The zero-order valence-corrected chi connectivity index (χ0v) is 30.8. The molecule has 0 unspecified atom stereocenters. The van der Waals surface area contributed by atoms with E-state index >= 15 is 0 Å². The van der Waals surface area contributed by atoms with Crippen LogP contribution in [-0.4, -0.2) is 6.71 Å². The molecule has 0 N–H and O–H groups in total. The minimum atomic E-state index is -0.0244. The standard InChI is InChI=1S/C18H9B.6Y/c1-4-10-16(11-5-1)19(17-12-6-2-7-13-17)18-14-8-3-9-15-18;;;;;;/h1-9H;;;;;;/q-6;;;;;;. The normalized spacial score (nSPS) is 7.68. The van der Waals surface area contributed by atoms with E-state index in [-0.39, 0.29) is 203 Å². The molecule has 25 heavy (non-hydrogen) atoms. The van der Waals surface area contributed by atoms with Crippen LogP contribution < -0.4 is 16.4 Å². The minimum Gasteiger partial charge on any atom is -0.364 e. The van der Waals surface area contributed by atoms with Gasteiger partial charge in [-0.2, -0.15) is 0 Å². The van der Waals surface area contributed by atoms with E-state index < -0.39 is 0 Å². The van der Waals surface area contributed by atoms with Gasteiger partial charge in [-0.15, -0.1) is 0 Å². The van der Waals surface area contributed by atoms with Crippen LogP contribution in [-0.2, 0) is 196 Å². The Labute approximate surface area is 303 Å². The van der Waals surface area contributed by atoms with Gasteiger partial charge in [0, 0.05) is 196 Å². The van der Waals surface area contributed by atoms with E-state index in [1.807, 2.05) is 54.6 Å². The molecule has 0 heterocycles. The summed E-state index contributed by atoms with van der Waals surface area (Å²) in [6, 6.07) is 36.5. The number of hydrogen-bond acceptors (Lipinski definition) is 0. The predicted molar refractivity (Wildman–Crippen MR) is 77.0 cm³/mol. The third kappa shape index (κ3) is 12.1. The molecule has 0 aromatic heterocycles. The molecule has 0 aliphatic carbocycles. The van der Waals surface area contributed by atoms with Gasteiger partial charge >= 0.3 is 0 Å². The number of benzene rings is 3. The van der Waals surface area contributed by atoms with Crippen molar-refractivity contribution in [3.8, 4) is 0 Å². The summed E-state index contributed by atoms with van der Waals surface area (Å²) in [5.74, 6) is 0. The SMILES string of the molecule is [Y].[Y].[Y].[Y].[Y].[Y].[c-]1ccc[c-]c1B(c1[c-]ccc[c-]1)c1[c-]ccc[c-]1. The van der Waals surface area contributed by atoms with Gasteiger partial charge in [-0.05, 0) is 0 Å². The summed E-state index contributed by atoms with van der Waals surface area (Å²) >= 11 is 0. The second-order valence-corrected chi connectivity index (χ2v) is 4.12. The van der Waals surface area contributed by atoms with Crippen molar-refractivity contribution in [1.29, 1.82) is 0 Å². The quantitative estimate of drug-likeness (QED) is 0.276. The van der Waals surface area contributed by atoms with Gasteiger partial charge in [0.15, 0.2) is 0 Å². The fourth-order valence-electron chi connectivity index (χ4n) is 2.03. The Morgan fingerprint density at radius 2 is 0.600 bits per heavy atom. The molecule has 3 aromatic rings. The predicted octanol–water partition coefficient (Wildman–Crippen LogP) is 0.989. The molecule has 0 amide bonds. The number of hydrogen-bond donors (Lipinski definition) is 0. The van der Waals surface area contributed by atoms with Crippen LogP contribution >= 0.6 is 0 Å². The second-order valence-electron chi connectivity index (χ2n) is 4.12. The first-order chi connectivity index (χ1) is 9.45. The van der Waals surface area contributed by atoms with E-state index in [1.54, 1.807) is 0 Å². The zero-order chi connectivity index (χ0) is 12.9. The van der Waals surface area contributed by atoms with Crippen molar-refractivity contribution >= 4 is 23.1 Å². The molecule has 3 rings (SSSR count). The van der Waals surface area contributed by atoms with Crippen molar-refractivity contribution in [2.24, 2.45) is 0 Å². The topological polar surface area (TPSA) is 0 Å². The summed E-state index contributed by atoms with van der Waals surface area (Å²) in [6.07, 6.45) is 0. The molecular formula is C18H9BY6-6. The summed E-state index contributed by atoms with van der Waals surface area (Å²) < 4.78 is 0. The molecule has 7 heteroatoms. The molecule has 0 aliphatic rings. The fourth-order valence-corrected chi connectivity index (χ4v) is 2.03. The van der Waals surface area contributed by atoms with Gasteiger partial charge in [-0.3, -0.25) is 54.6 Å². The van der Waals surface area contributed by atoms with Crippen molar-refractivity contribution in [2.45, 2.75) is 0 Å². The van der Waals surface area contributed by atoms with Gasteiger partial charge < -0.3 is 52.8 Å². The largest absolute Gasteiger partial charge is 0.364 e. The summed E-state index contributed by atoms with van der Waals surface area (Å²) in [4.78, 5) is 0. The summed E-state index contributed by atoms with van der Waals surface area (Å²) in [7, 11) is 0.